The molecule has 2 saturated carbocycles. The van der Waals surface area contributed by atoms with Gasteiger partial charge < -0.3 is 0 Å². The molecular weight excluding hydrogens is 156 g/mol. The van der Waals surface area contributed by atoms with Crippen LogP contribution < -0.4 is 0 Å². The molecule has 4 atom stereocenters. The van der Waals surface area contributed by atoms with E-state index in [1.807, 2.05) is 0 Å². The van der Waals surface area contributed by atoms with Crippen molar-refractivity contribution in [2.75, 3.05) is 0 Å². The third kappa shape index (κ3) is 0.660. The minimum atomic E-state index is 0.883. The lowest BCUT2D eigenvalue weighted by Crippen LogP contribution is -2.14. The second-order valence-corrected chi connectivity index (χ2v) is 5.08. The van der Waals surface area contributed by atoms with Gasteiger partial charge in [0.25, 0.3) is 0 Å². The second kappa shape index (κ2) is 2.01. The molecule has 66 valence electrons. The summed E-state index contributed by atoms with van der Waals surface area (Å²) in [5.41, 5.74) is 6.93. The highest BCUT2D eigenvalue weighted by Crippen LogP contribution is 2.60. The average molecular weight is 170 g/mol. The van der Waals surface area contributed by atoms with E-state index < -0.39 is 0 Å². The lowest BCUT2D eigenvalue weighted by molar-refractivity contribution is 0.377. The Morgan fingerprint density at radius 2 is 2.31 bits per heavy atom. The Morgan fingerprint density at radius 3 is 3.31 bits per heavy atom. The Labute approximate surface area is 79.0 Å². The van der Waals surface area contributed by atoms with Crippen molar-refractivity contribution in [3.63, 3.8) is 0 Å². The molecule has 4 unspecified atom stereocenters. The van der Waals surface area contributed by atoms with Crippen LogP contribution in [0.5, 0.6) is 0 Å². The van der Waals surface area contributed by atoms with Gasteiger partial charge in [-0.1, -0.05) is 11.6 Å². The Kier molecular flexibility index (Phi) is 1.03. The quantitative estimate of drug-likeness (QED) is 0.387. The highest BCUT2D eigenvalue weighted by Gasteiger charge is 2.51. The van der Waals surface area contributed by atoms with Crippen LogP contribution in [0.25, 0.3) is 0 Å². The maximum absolute atomic E-state index is 3.51. The molecule has 0 heterocycles. The van der Waals surface area contributed by atoms with E-state index in [4.69, 9.17) is 0 Å². The van der Waals surface area contributed by atoms with Crippen molar-refractivity contribution in [2.24, 2.45) is 23.7 Å². The van der Waals surface area contributed by atoms with E-state index in [1.54, 1.807) is 11.1 Å². The van der Waals surface area contributed by atoms with Gasteiger partial charge in [-0.25, -0.2) is 0 Å². The van der Waals surface area contributed by atoms with Crippen molar-refractivity contribution in [3.8, 4) is 0 Å². The van der Waals surface area contributed by atoms with E-state index in [9.17, 15) is 0 Å². The summed E-state index contributed by atoms with van der Waals surface area (Å²) in [6, 6.07) is 0. The molecule has 0 heteroatoms. The highest BCUT2D eigenvalue weighted by molar-refractivity contribution is 5.39. The van der Waals surface area contributed by atoms with E-state index in [1.165, 1.54) is 25.7 Å². The third-order valence-electron chi connectivity index (χ3n) is 4.58. The van der Waals surface area contributed by atoms with Crippen LogP contribution >= 0.6 is 0 Å². The fraction of sp³-hybridized carbons (Fsp3) is 0.615. The summed E-state index contributed by atoms with van der Waals surface area (Å²) in [7, 11) is 0. The third-order valence-corrected chi connectivity index (χ3v) is 4.58. The van der Waals surface area contributed by atoms with E-state index >= 15 is 0 Å². The van der Waals surface area contributed by atoms with Gasteiger partial charge >= 0.3 is 0 Å². The molecule has 0 bridgehead atoms. The maximum Gasteiger partial charge on any atom is 0.00135 e. The van der Waals surface area contributed by atoms with Crippen molar-refractivity contribution in [1.29, 1.82) is 0 Å². The minimum Gasteiger partial charge on any atom is -0.125 e. The number of rotatable bonds is 0. The molecule has 0 aromatic rings. The normalized spacial score (nSPS) is 49.2. The van der Waals surface area contributed by atoms with E-state index in [2.05, 4.69) is 17.9 Å². The first-order valence-corrected chi connectivity index (χ1v) is 5.58. The Bertz CT molecular complexity index is 365. The van der Waals surface area contributed by atoms with Gasteiger partial charge in [0, 0.05) is 5.92 Å². The molecule has 4 rings (SSSR count). The largest absolute Gasteiger partial charge is 0.125 e. The molecule has 0 N–H and O–H groups in total. The first-order valence-electron chi connectivity index (χ1n) is 5.58. The molecule has 0 radical (unpaired) electrons. The molecular formula is C13H14. The monoisotopic (exact) mass is 170 g/mol. The number of hydrogen-bond acceptors (Lipinski definition) is 0. The molecule has 0 aromatic carbocycles. The van der Waals surface area contributed by atoms with E-state index in [-0.39, 0.29) is 0 Å². The first kappa shape index (κ1) is 6.68. The Hall–Kier alpha value is -0.740. The molecule has 4 aliphatic rings. The van der Waals surface area contributed by atoms with Gasteiger partial charge in [0.15, 0.2) is 0 Å². The smallest absolute Gasteiger partial charge is 0.00135 e. The predicted octanol–water partition coefficient (Wildman–Crippen LogP) is 3.07. The number of hydrogen-bond donors (Lipinski definition) is 0. The molecule has 0 amide bonds. The Balaban J connectivity index is 1.93. The predicted molar refractivity (Wildman–Crippen MR) is 52.1 cm³/mol. The summed E-state index contributed by atoms with van der Waals surface area (Å²) in [6.07, 6.45) is 10.4. The van der Waals surface area contributed by atoms with Crippen LogP contribution in [0.4, 0.5) is 0 Å². The minimum absolute atomic E-state index is 0.883. The highest BCUT2D eigenvalue weighted by atomic mass is 14.5. The molecule has 0 aliphatic heterocycles. The standard InChI is InChI=1S/C13H14/c1-2-8-6-10-4-5-11-7-9(3-1)12(8)13(10)11/h2,5,9,11-13H,1,3,6-7H2. The fourth-order valence-electron chi connectivity index (χ4n) is 4.19. The summed E-state index contributed by atoms with van der Waals surface area (Å²) in [5.74, 6) is 3.79. The van der Waals surface area contributed by atoms with Crippen LogP contribution in [-0.4, -0.2) is 0 Å². The van der Waals surface area contributed by atoms with Crippen molar-refractivity contribution in [1.82, 2.24) is 0 Å². The molecule has 13 heavy (non-hydrogen) atoms. The summed E-state index contributed by atoms with van der Waals surface area (Å²) in [6.45, 7) is 0. The lowest BCUT2D eigenvalue weighted by atomic mass is 9.81. The zero-order valence-electron chi connectivity index (χ0n) is 7.79. The Morgan fingerprint density at radius 1 is 1.31 bits per heavy atom. The summed E-state index contributed by atoms with van der Waals surface area (Å²) < 4.78 is 0. The van der Waals surface area contributed by atoms with Gasteiger partial charge in [0.2, 0.25) is 0 Å². The fourth-order valence-corrected chi connectivity index (χ4v) is 4.19. The zero-order valence-corrected chi connectivity index (χ0v) is 7.79. The molecule has 2 fully saturated rings. The van der Waals surface area contributed by atoms with Crippen LogP contribution in [-0.2, 0) is 0 Å². The van der Waals surface area contributed by atoms with Crippen molar-refractivity contribution in [3.05, 3.63) is 29.0 Å². The molecule has 0 spiro atoms. The van der Waals surface area contributed by atoms with Gasteiger partial charge in [0.05, 0.1) is 0 Å². The molecule has 0 nitrogen and oxygen atoms in total. The van der Waals surface area contributed by atoms with Crippen LogP contribution in [0.2, 0.25) is 0 Å². The van der Waals surface area contributed by atoms with E-state index in [0.717, 1.165) is 23.7 Å². The lowest BCUT2D eigenvalue weighted by Gasteiger charge is -2.23. The van der Waals surface area contributed by atoms with Crippen molar-refractivity contribution in [2.45, 2.75) is 25.7 Å². The average Bonchev–Trinajstić information content (AvgIpc) is 2.72. The topological polar surface area (TPSA) is 0 Å². The number of allylic oxidation sites excluding steroid dienone is 3. The molecule has 0 aromatic heterocycles. The van der Waals surface area contributed by atoms with Crippen LogP contribution in [0.15, 0.2) is 29.0 Å². The SMILES string of the molecule is C1=CC2CC3CCC=C4CC=1C2C43. The molecule has 4 aliphatic carbocycles. The van der Waals surface area contributed by atoms with Crippen LogP contribution in [0.3, 0.4) is 0 Å². The second-order valence-electron chi connectivity index (χ2n) is 5.08. The first-order chi connectivity index (χ1) is 6.43. The summed E-state index contributed by atoms with van der Waals surface area (Å²) in [4.78, 5) is 0. The summed E-state index contributed by atoms with van der Waals surface area (Å²) in [5, 5.41) is 0. The molecule has 0 saturated heterocycles. The van der Waals surface area contributed by atoms with Gasteiger partial charge in [0.1, 0.15) is 0 Å². The van der Waals surface area contributed by atoms with Gasteiger partial charge in [-0.05, 0) is 55.1 Å². The van der Waals surface area contributed by atoms with Gasteiger partial charge in [-0.3, -0.25) is 0 Å². The van der Waals surface area contributed by atoms with Crippen molar-refractivity contribution >= 4 is 0 Å². The van der Waals surface area contributed by atoms with Gasteiger partial charge in [-0.2, -0.15) is 0 Å². The maximum atomic E-state index is 3.51. The summed E-state index contributed by atoms with van der Waals surface area (Å²) >= 11 is 0. The van der Waals surface area contributed by atoms with Crippen LogP contribution in [0, 0.1) is 23.7 Å². The van der Waals surface area contributed by atoms with Crippen molar-refractivity contribution < 1.29 is 0 Å². The zero-order chi connectivity index (χ0) is 8.41. The van der Waals surface area contributed by atoms with E-state index in [0.29, 0.717) is 0 Å². The van der Waals surface area contributed by atoms with Gasteiger partial charge in [-0.15, -0.1) is 5.73 Å². The van der Waals surface area contributed by atoms with Crippen LogP contribution in [0.1, 0.15) is 25.7 Å².